The van der Waals surface area contributed by atoms with E-state index >= 15 is 0 Å². The average Bonchev–Trinajstić information content (AvgIpc) is 3.76. The molecule has 7 rings (SSSR count). The van der Waals surface area contributed by atoms with Gasteiger partial charge in [-0.15, -0.1) is 10.2 Å². The summed E-state index contributed by atoms with van der Waals surface area (Å²) in [6, 6.07) is 6.94. The maximum absolute atomic E-state index is 14.7. The highest BCUT2D eigenvalue weighted by atomic mass is 19.4. The molecule has 12 heteroatoms. The van der Waals surface area contributed by atoms with Gasteiger partial charge in [-0.3, -0.25) is 14.6 Å². The highest BCUT2D eigenvalue weighted by Gasteiger charge is 2.49. The fraction of sp³-hybridized carbons (Fsp3) is 0.611. The van der Waals surface area contributed by atoms with Gasteiger partial charge in [-0.1, -0.05) is 20.8 Å². The number of rotatable bonds is 8. The summed E-state index contributed by atoms with van der Waals surface area (Å²) in [7, 11) is 3.99. The number of fused-ring (bicyclic) bond motifs is 1. The number of aromatic nitrogens is 4. The Labute approximate surface area is 280 Å². The Kier molecular flexibility index (Phi) is 8.55. The number of pyridine rings is 1. The molecule has 1 aromatic carbocycles. The highest BCUT2D eigenvalue weighted by Crippen LogP contribution is 2.53. The molecule has 0 spiro atoms. The van der Waals surface area contributed by atoms with Crippen molar-refractivity contribution < 1.29 is 22.7 Å². The Morgan fingerprint density at radius 3 is 2.46 bits per heavy atom. The first-order valence-corrected chi connectivity index (χ1v) is 17.3. The van der Waals surface area contributed by atoms with E-state index < -0.39 is 23.1 Å². The zero-order valence-electron chi connectivity index (χ0n) is 28.6. The van der Waals surface area contributed by atoms with E-state index in [4.69, 9.17) is 9.72 Å². The number of hydrogen-bond donors (Lipinski definition) is 0. The molecule has 258 valence electrons. The number of carbonyl (C=O) groups is 1. The Morgan fingerprint density at radius 1 is 1.06 bits per heavy atom. The largest absolute Gasteiger partial charge is 0.474 e. The molecular weight excluding hydrogens is 619 g/mol. The van der Waals surface area contributed by atoms with Gasteiger partial charge in [-0.2, -0.15) is 18.2 Å². The second-order valence-electron chi connectivity index (χ2n) is 15.0. The van der Waals surface area contributed by atoms with Crippen molar-refractivity contribution in [1.82, 2.24) is 29.5 Å². The maximum atomic E-state index is 14.7. The van der Waals surface area contributed by atoms with Crippen LogP contribution in [0.3, 0.4) is 0 Å². The number of ether oxygens (including phenoxy) is 1. The van der Waals surface area contributed by atoms with Crippen LogP contribution in [-0.2, 0) is 31.7 Å². The van der Waals surface area contributed by atoms with Crippen molar-refractivity contribution in [3.63, 3.8) is 0 Å². The summed E-state index contributed by atoms with van der Waals surface area (Å²) in [5.74, 6) is 1.82. The van der Waals surface area contributed by atoms with E-state index in [1.54, 1.807) is 12.4 Å². The van der Waals surface area contributed by atoms with Crippen LogP contribution in [0.1, 0.15) is 97.7 Å². The van der Waals surface area contributed by atoms with Gasteiger partial charge >= 0.3 is 6.18 Å². The molecule has 1 amide bonds. The lowest BCUT2D eigenvalue weighted by Crippen LogP contribution is -2.53. The summed E-state index contributed by atoms with van der Waals surface area (Å²) in [4.78, 5) is 24.9. The van der Waals surface area contributed by atoms with Gasteiger partial charge in [0.05, 0.1) is 17.5 Å². The van der Waals surface area contributed by atoms with Crippen LogP contribution in [0.15, 0.2) is 30.6 Å². The Balaban J connectivity index is 1.27. The van der Waals surface area contributed by atoms with E-state index in [-0.39, 0.29) is 29.8 Å². The van der Waals surface area contributed by atoms with Crippen molar-refractivity contribution in [1.29, 1.82) is 0 Å². The Bertz CT molecular complexity index is 1680. The highest BCUT2D eigenvalue weighted by molar-refractivity contribution is 6.10. The van der Waals surface area contributed by atoms with E-state index in [0.29, 0.717) is 35.6 Å². The molecule has 2 aliphatic heterocycles. The van der Waals surface area contributed by atoms with Gasteiger partial charge in [0, 0.05) is 50.9 Å². The van der Waals surface area contributed by atoms with Crippen LogP contribution in [0.5, 0.6) is 5.88 Å². The van der Waals surface area contributed by atoms with Crippen LogP contribution in [0.25, 0.3) is 0 Å². The van der Waals surface area contributed by atoms with Crippen molar-refractivity contribution in [3.8, 4) is 5.88 Å². The third-order valence-electron chi connectivity index (χ3n) is 11.0. The van der Waals surface area contributed by atoms with Crippen LogP contribution in [0.4, 0.5) is 19.0 Å². The average molecular weight is 666 g/mol. The van der Waals surface area contributed by atoms with Crippen molar-refractivity contribution in [3.05, 3.63) is 64.2 Å². The summed E-state index contributed by atoms with van der Waals surface area (Å²) in [6.07, 6.45) is 2.73. The van der Waals surface area contributed by atoms with E-state index in [0.717, 1.165) is 69.5 Å². The first-order chi connectivity index (χ1) is 22.8. The number of likely N-dealkylation sites (N-methyl/N-ethyl adjacent to an activating group) is 1. The fourth-order valence-corrected chi connectivity index (χ4v) is 8.59. The molecule has 9 nitrogen and oxygen atoms in total. The van der Waals surface area contributed by atoms with Gasteiger partial charge < -0.3 is 14.2 Å². The predicted octanol–water partition coefficient (Wildman–Crippen LogP) is 6.20. The van der Waals surface area contributed by atoms with Gasteiger partial charge in [0.15, 0.2) is 0 Å². The standard InChI is InChI=1S/C36H46F3N7O2/c1-22(2)30-20-43(4)10-11-45(30)18-24-12-27-28(29(13-24)36(37,38)39)19-46(33(27)47)31-14-25(15-32(41-31)48-26-8-6-7-9-26)35(16-23(3)17-35)34-42-40-21-44(34)5/h12-15,21-23,26,30H,6-11,16-20H2,1-5H3/t23-,30?,35-. The second-order valence-corrected chi connectivity index (χ2v) is 15.0. The topological polar surface area (TPSA) is 79.6 Å². The summed E-state index contributed by atoms with van der Waals surface area (Å²) in [6.45, 7) is 9.07. The number of hydrogen-bond acceptors (Lipinski definition) is 7. The zero-order valence-corrected chi connectivity index (χ0v) is 28.6. The van der Waals surface area contributed by atoms with Crippen molar-refractivity contribution >= 4 is 11.7 Å². The van der Waals surface area contributed by atoms with Crippen LogP contribution >= 0.6 is 0 Å². The molecule has 4 aliphatic rings. The minimum absolute atomic E-state index is 0.000724. The second kappa shape index (κ2) is 12.4. The first kappa shape index (κ1) is 33.0. The lowest BCUT2D eigenvalue weighted by Gasteiger charge is -2.46. The Hall–Kier alpha value is -3.51. The van der Waals surface area contributed by atoms with E-state index in [1.807, 2.05) is 23.7 Å². The fourth-order valence-electron chi connectivity index (χ4n) is 8.59. The number of carbonyl (C=O) groups excluding carboxylic acids is 1. The molecule has 1 atom stereocenters. The quantitative estimate of drug-likeness (QED) is 0.284. The van der Waals surface area contributed by atoms with Crippen molar-refractivity contribution in [2.24, 2.45) is 18.9 Å². The number of alkyl halides is 3. The smallest absolute Gasteiger partial charge is 0.416 e. The van der Waals surface area contributed by atoms with E-state index in [9.17, 15) is 18.0 Å². The predicted molar refractivity (Wildman–Crippen MR) is 176 cm³/mol. The number of anilines is 1. The minimum Gasteiger partial charge on any atom is -0.474 e. The SMILES string of the molecule is CC(C)C1CN(C)CCN1Cc1cc2c(c(C(F)(F)F)c1)CN(c1cc([C@]3(c4nncn4C)C[C@H](C)C3)cc(OC3CCCC3)n1)C2=O. The summed E-state index contributed by atoms with van der Waals surface area (Å²) in [5, 5.41) is 8.64. The normalized spacial score (nSPS) is 25.6. The van der Waals surface area contributed by atoms with Gasteiger partial charge in [-0.05, 0) is 92.3 Å². The lowest BCUT2D eigenvalue weighted by molar-refractivity contribution is -0.138. The summed E-state index contributed by atoms with van der Waals surface area (Å²) in [5.41, 5.74) is 0.281. The van der Waals surface area contributed by atoms with Crippen LogP contribution in [0, 0.1) is 11.8 Å². The zero-order chi connectivity index (χ0) is 34.0. The summed E-state index contributed by atoms with van der Waals surface area (Å²) >= 11 is 0. The number of amides is 1. The molecule has 4 heterocycles. The van der Waals surface area contributed by atoms with Crippen LogP contribution in [-0.4, -0.2) is 74.3 Å². The molecule has 48 heavy (non-hydrogen) atoms. The minimum atomic E-state index is -4.61. The van der Waals surface area contributed by atoms with Crippen molar-refractivity contribution in [2.75, 3.05) is 31.6 Å². The van der Waals surface area contributed by atoms with Crippen LogP contribution in [0.2, 0.25) is 0 Å². The molecule has 3 aromatic rings. The third-order valence-corrected chi connectivity index (χ3v) is 11.0. The van der Waals surface area contributed by atoms with Gasteiger partial charge in [0.1, 0.15) is 24.1 Å². The number of piperazine rings is 1. The molecule has 2 aliphatic carbocycles. The molecule has 1 unspecified atom stereocenters. The number of aryl methyl sites for hydroxylation is 1. The number of benzene rings is 1. The lowest BCUT2D eigenvalue weighted by atomic mass is 9.58. The molecule has 0 bridgehead atoms. The Morgan fingerprint density at radius 2 is 1.81 bits per heavy atom. The molecule has 2 saturated carbocycles. The monoisotopic (exact) mass is 665 g/mol. The van der Waals surface area contributed by atoms with Gasteiger partial charge in [0.25, 0.3) is 5.91 Å². The molecule has 2 aromatic heterocycles. The molecule has 1 saturated heterocycles. The molecule has 0 N–H and O–H groups in total. The molecular formula is C36H46F3N7O2. The number of nitrogens with zero attached hydrogens (tertiary/aromatic N) is 7. The third kappa shape index (κ3) is 5.99. The molecule has 3 fully saturated rings. The van der Waals surface area contributed by atoms with Gasteiger partial charge in [-0.25, -0.2) is 0 Å². The number of halogens is 3. The van der Waals surface area contributed by atoms with E-state index in [1.165, 1.54) is 11.0 Å². The van der Waals surface area contributed by atoms with Crippen molar-refractivity contribution in [2.45, 2.75) is 96.1 Å². The van der Waals surface area contributed by atoms with E-state index in [2.05, 4.69) is 47.8 Å². The molecule has 0 radical (unpaired) electrons. The maximum Gasteiger partial charge on any atom is 0.416 e. The van der Waals surface area contributed by atoms with Crippen LogP contribution < -0.4 is 9.64 Å². The first-order valence-electron chi connectivity index (χ1n) is 17.3. The summed E-state index contributed by atoms with van der Waals surface area (Å²) < 4.78 is 52.5. The van der Waals surface area contributed by atoms with Gasteiger partial charge in [0.2, 0.25) is 5.88 Å².